The highest BCUT2D eigenvalue weighted by molar-refractivity contribution is 5.92. The van der Waals surface area contributed by atoms with Crippen molar-refractivity contribution in [1.29, 1.82) is 0 Å². The number of benzene rings is 3. The van der Waals surface area contributed by atoms with Gasteiger partial charge in [0.2, 0.25) is 0 Å². The molecule has 1 aromatic heterocycles. The van der Waals surface area contributed by atoms with Gasteiger partial charge in [-0.3, -0.25) is 0 Å². The second-order valence-corrected chi connectivity index (χ2v) is 7.80. The van der Waals surface area contributed by atoms with E-state index in [1.807, 2.05) is 31.2 Å². The Labute approximate surface area is 184 Å². The van der Waals surface area contributed by atoms with Crippen LogP contribution in [0.1, 0.15) is 34.8 Å². The SMILES string of the molecule is CC(CCOC(=O)c1cc2ccccc2oc1=O)(c1ccc(O)cc1)c1ccc(O)cc1. The molecule has 0 amide bonds. The van der Waals surface area contributed by atoms with E-state index in [-0.39, 0.29) is 23.7 Å². The summed E-state index contributed by atoms with van der Waals surface area (Å²) < 4.78 is 10.7. The molecule has 0 aliphatic rings. The number of rotatable bonds is 6. The van der Waals surface area contributed by atoms with Crippen molar-refractivity contribution in [3.63, 3.8) is 0 Å². The fraction of sp³-hybridized carbons (Fsp3) is 0.154. The maximum Gasteiger partial charge on any atom is 0.351 e. The standard InChI is InChI=1S/C26H22O6/c1-26(18-6-10-20(27)11-7-18,19-8-12-21(28)13-9-19)14-15-31-24(29)22-16-17-4-2-3-5-23(17)32-25(22)30/h2-13,16,27-28H,14-15H2,1H3. The molecule has 0 atom stereocenters. The van der Waals surface area contributed by atoms with Crippen molar-refractivity contribution in [3.8, 4) is 11.5 Å². The van der Waals surface area contributed by atoms with Crippen LogP contribution in [0.25, 0.3) is 11.0 Å². The van der Waals surface area contributed by atoms with Crippen LogP contribution in [-0.2, 0) is 10.2 Å². The molecule has 0 unspecified atom stereocenters. The van der Waals surface area contributed by atoms with Crippen LogP contribution in [-0.4, -0.2) is 22.8 Å². The zero-order valence-corrected chi connectivity index (χ0v) is 17.4. The smallest absolute Gasteiger partial charge is 0.351 e. The number of ether oxygens (including phenoxy) is 1. The van der Waals surface area contributed by atoms with Crippen molar-refractivity contribution in [3.05, 3.63) is 106 Å². The molecule has 0 fully saturated rings. The number of carbonyl (C=O) groups is 1. The number of phenolic OH excluding ortho intramolecular Hbond substituents is 2. The van der Waals surface area contributed by atoms with Crippen LogP contribution in [0.4, 0.5) is 0 Å². The molecular weight excluding hydrogens is 408 g/mol. The third kappa shape index (κ3) is 4.21. The van der Waals surface area contributed by atoms with E-state index in [0.717, 1.165) is 11.1 Å². The zero-order valence-electron chi connectivity index (χ0n) is 17.4. The Kier molecular flexibility index (Phi) is 5.69. The summed E-state index contributed by atoms with van der Waals surface area (Å²) in [6, 6.07) is 22.0. The molecule has 6 nitrogen and oxygen atoms in total. The summed E-state index contributed by atoms with van der Waals surface area (Å²) >= 11 is 0. The minimum absolute atomic E-state index is 0.0450. The second kappa shape index (κ2) is 8.59. The monoisotopic (exact) mass is 430 g/mol. The van der Waals surface area contributed by atoms with Crippen LogP contribution >= 0.6 is 0 Å². The van der Waals surface area contributed by atoms with Crippen molar-refractivity contribution >= 4 is 16.9 Å². The fourth-order valence-corrected chi connectivity index (χ4v) is 3.74. The summed E-state index contributed by atoms with van der Waals surface area (Å²) in [6.45, 7) is 2.04. The maximum atomic E-state index is 12.6. The Morgan fingerprint density at radius 2 is 1.47 bits per heavy atom. The topological polar surface area (TPSA) is 97.0 Å². The molecule has 1 heterocycles. The number of hydrogen-bond acceptors (Lipinski definition) is 6. The summed E-state index contributed by atoms with van der Waals surface area (Å²) in [5.74, 6) is -0.448. The van der Waals surface area contributed by atoms with Gasteiger partial charge in [0.1, 0.15) is 22.6 Å². The third-order valence-electron chi connectivity index (χ3n) is 5.71. The zero-order chi connectivity index (χ0) is 22.7. The lowest BCUT2D eigenvalue weighted by Crippen LogP contribution is -2.27. The van der Waals surface area contributed by atoms with Crippen molar-refractivity contribution in [2.45, 2.75) is 18.8 Å². The van der Waals surface area contributed by atoms with Gasteiger partial charge >= 0.3 is 11.6 Å². The molecule has 162 valence electrons. The molecule has 4 aromatic rings. The van der Waals surface area contributed by atoms with Gasteiger partial charge in [0.15, 0.2) is 0 Å². The lowest BCUT2D eigenvalue weighted by Gasteiger charge is -2.31. The lowest BCUT2D eigenvalue weighted by molar-refractivity contribution is 0.0479. The van der Waals surface area contributed by atoms with E-state index in [2.05, 4.69) is 0 Å². The fourth-order valence-electron chi connectivity index (χ4n) is 3.74. The number of aromatic hydroxyl groups is 2. The van der Waals surface area contributed by atoms with Gasteiger partial charge < -0.3 is 19.4 Å². The van der Waals surface area contributed by atoms with E-state index in [4.69, 9.17) is 9.15 Å². The second-order valence-electron chi connectivity index (χ2n) is 7.80. The Morgan fingerprint density at radius 3 is 2.06 bits per heavy atom. The summed E-state index contributed by atoms with van der Waals surface area (Å²) in [7, 11) is 0. The van der Waals surface area contributed by atoms with Crippen molar-refractivity contribution in [2.24, 2.45) is 0 Å². The Balaban J connectivity index is 1.57. The quantitative estimate of drug-likeness (QED) is 0.338. The molecule has 4 rings (SSSR count). The largest absolute Gasteiger partial charge is 0.508 e. The van der Waals surface area contributed by atoms with E-state index in [1.165, 1.54) is 6.07 Å². The van der Waals surface area contributed by atoms with Gasteiger partial charge in [-0.2, -0.15) is 0 Å². The van der Waals surface area contributed by atoms with Crippen LogP contribution in [0.15, 0.2) is 88.1 Å². The highest BCUT2D eigenvalue weighted by atomic mass is 16.5. The first-order chi connectivity index (χ1) is 15.4. The lowest BCUT2D eigenvalue weighted by atomic mass is 9.74. The molecule has 0 aliphatic carbocycles. The molecule has 0 saturated carbocycles. The molecule has 3 aromatic carbocycles. The van der Waals surface area contributed by atoms with Crippen molar-refractivity contribution < 1.29 is 24.2 Å². The minimum Gasteiger partial charge on any atom is -0.508 e. The van der Waals surface area contributed by atoms with Gasteiger partial charge in [-0.1, -0.05) is 49.4 Å². The molecular formula is C26H22O6. The number of hydrogen-bond donors (Lipinski definition) is 2. The number of esters is 1. The molecule has 2 N–H and O–H groups in total. The average molecular weight is 430 g/mol. The van der Waals surface area contributed by atoms with Crippen LogP contribution < -0.4 is 5.63 Å². The van der Waals surface area contributed by atoms with Crippen LogP contribution in [0.5, 0.6) is 11.5 Å². The predicted molar refractivity (Wildman–Crippen MR) is 120 cm³/mol. The Hall–Kier alpha value is -4.06. The third-order valence-corrected chi connectivity index (χ3v) is 5.71. The van der Waals surface area contributed by atoms with E-state index < -0.39 is 17.0 Å². The highest BCUT2D eigenvalue weighted by Gasteiger charge is 2.30. The summed E-state index contributed by atoms with van der Waals surface area (Å²) in [4.78, 5) is 24.8. The minimum atomic E-state index is -0.747. The summed E-state index contributed by atoms with van der Waals surface area (Å²) in [6.07, 6.45) is 0.410. The number of phenols is 2. The summed E-state index contributed by atoms with van der Waals surface area (Å²) in [5.41, 5.74) is 0.745. The molecule has 0 aliphatic heterocycles. The van der Waals surface area contributed by atoms with Gasteiger partial charge in [-0.05, 0) is 53.9 Å². The molecule has 0 spiro atoms. The number of fused-ring (bicyclic) bond motifs is 1. The first kappa shape index (κ1) is 21.2. The van der Waals surface area contributed by atoms with Crippen molar-refractivity contribution in [1.82, 2.24) is 0 Å². The molecule has 0 radical (unpaired) electrons. The molecule has 0 bridgehead atoms. The van der Waals surface area contributed by atoms with Gasteiger partial charge in [-0.25, -0.2) is 9.59 Å². The van der Waals surface area contributed by atoms with Gasteiger partial charge in [-0.15, -0.1) is 0 Å². The summed E-state index contributed by atoms with van der Waals surface area (Å²) in [5, 5.41) is 20.0. The highest BCUT2D eigenvalue weighted by Crippen LogP contribution is 2.36. The van der Waals surface area contributed by atoms with E-state index >= 15 is 0 Å². The Morgan fingerprint density at radius 1 is 0.906 bits per heavy atom. The number of carbonyl (C=O) groups excluding carboxylic acids is 1. The van der Waals surface area contributed by atoms with E-state index in [0.29, 0.717) is 17.4 Å². The maximum absolute atomic E-state index is 12.6. The normalized spacial score (nSPS) is 11.4. The van der Waals surface area contributed by atoms with Gasteiger partial charge in [0.25, 0.3) is 0 Å². The van der Waals surface area contributed by atoms with Gasteiger partial charge in [0, 0.05) is 10.8 Å². The molecule has 32 heavy (non-hydrogen) atoms. The van der Waals surface area contributed by atoms with Crippen LogP contribution in [0, 0.1) is 0 Å². The first-order valence-electron chi connectivity index (χ1n) is 10.2. The van der Waals surface area contributed by atoms with Crippen LogP contribution in [0.2, 0.25) is 0 Å². The number of para-hydroxylation sites is 1. The van der Waals surface area contributed by atoms with Crippen LogP contribution in [0.3, 0.4) is 0 Å². The van der Waals surface area contributed by atoms with Crippen molar-refractivity contribution in [2.75, 3.05) is 6.61 Å². The Bertz CT molecular complexity index is 1260. The molecule has 6 heteroatoms. The van der Waals surface area contributed by atoms with E-state index in [1.54, 1.807) is 48.5 Å². The molecule has 0 saturated heterocycles. The van der Waals surface area contributed by atoms with Gasteiger partial charge in [0.05, 0.1) is 6.61 Å². The van der Waals surface area contributed by atoms with E-state index in [9.17, 15) is 19.8 Å². The first-order valence-corrected chi connectivity index (χ1v) is 10.2. The average Bonchev–Trinajstić information content (AvgIpc) is 2.79. The predicted octanol–water partition coefficient (Wildman–Crippen LogP) is 4.76.